The van der Waals surface area contributed by atoms with E-state index in [1.165, 1.54) is 6.20 Å². The van der Waals surface area contributed by atoms with E-state index < -0.39 is 30.4 Å². The minimum absolute atomic E-state index is 0.0290. The fourth-order valence-corrected chi connectivity index (χ4v) is 2.74. The van der Waals surface area contributed by atoms with E-state index >= 15 is 0 Å². The van der Waals surface area contributed by atoms with Gasteiger partial charge in [-0.25, -0.2) is 0 Å². The van der Waals surface area contributed by atoms with Crippen LogP contribution in [0.4, 0.5) is 4.39 Å². The molecule has 9 heteroatoms. The van der Waals surface area contributed by atoms with Gasteiger partial charge in [-0.05, 0) is 40.0 Å². The molecule has 2 aliphatic rings. The van der Waals surface area contributed by atoms with Crippen molar-refractivity contribution in [3.63, 3.8) is 0 Å². The summed E-state index contributed by atoms with van der Waals surface area (Å²) in [5, 5.41) is 30.5. The van der Waals surface area contributed by atoms with Crippen LogP contribution in [0.1, 0.15) is 45.6 Å². The van der Waals surface area contributed by atoms with E-state index in [2.05, 4.69) is 5.10 Å². The third-order valence-electron chi connectivity index (χ3n) is 4.88. The smallest absolute Gasteiger partial charge is 0.403 e. The van der Waals surface area contributed by atoms with Crippen LogP contribution in [-0.2, 0) is 15.4 Å². The molecule has 3 N–H and O–H groups in total. The Kier molecular flexibility index (Phi) is 3.26. The van der Waals surface area contributed by atoms with Gasteiger partial charge in [0.1, 0.15) is 0 Å². The van der Waals surface area contributed by atoms with Crippen LogP contribution < -0.4 is 0 Å². The van der Waals surface area contributed by atoms with Gasteiger partial charge in [-0.1, -0.05) is 0 Å². The number of aromatic nitrogens is 2. The number of hydrogen-bond acceptors (Lipinski definition) is 6. The lowest BCUT2D eigenvalue weighted by atomic mass is 9.80. The van der Waals surface area contributed by atoms with E-state index in [1.54, 1.807) is 0 Å². The second kappa shape index (κ2) is 4.51. The van der Waals surface area contributed by atoms with Crippen molar-refractivity contribution >= 4 is 7.12 Å². The van der Waals surface area contributed by atoms with Crippen molar-refractivity contribution in [3.8, 4) is 0 Å². The Morgan fingerprint density at radius 2 is 1.82 bits per heavy atom. The topological polar surface area (TPSA) is 97.0 Å². The molecule has 0 aromatic carbocycles. The van der Waals surface area contributed by atoms with Crippen LogP contribution in [0.25, 0.3) is 0 Å². The predicted molar refractivity (Wildman–Crippen MR) is 74.0 cm³/mol. The number of rotatable bonds is 3. The summed E-state index contributed by atoms with van der Waals surface area (Å²) >= 11 is 0. The molecule has 22 heavy (non-hydrogen) atoms. The van der Waals surface area contributed by atoms with Crippen LogP contribution in [0.3, 0.4) is 0 Å². The van der Waals surface area contributed by atoms with Crippen LogP contribution in [0.15, 0.2) is 6.20 Å². The minimum atomic E-state index is -3.35. The van der Waals surface area contributed by atoms with Crippen LogP contribution in [0.5, 0.6) is 0 Å². The average Bonchev–Trinajstić information content (AvgIpc) is 2.96. The predicted octanol–water partition coefficient (Wildman–Crippen LogP) is 0.517. The molecular formula is C13H20BFN2O5. The first-order valence-corrected chi connectivity index (χ1v) is 7.21. The number of nitrogens with zero attached hydrogens (tertiary/aromatic N) is 2. The van der Waals surface area contributed by atoms with Crippen molar-refractivity contribution in [2.75, 3.05) is 0 Å². The van der Waals surface area contributed by atoms with E-state index in [0.717, 1.165) is 0 Å². The maximum Gasteiger partial charge on any atom is 0.461 e. The molecule has 0 radical (unpaired) electrons. The zero-order chi connectivity index (χ0) is 16.5. The average molecular weight is 314 g/mol. The molecule has 0 bridgehead atoms. The first-order chi connectivity index (χ1) is 9.94. The number of hydrogen-bond donors (Lipinski definition) is 3. The molecule has 1 aliphatic carbocycles. The maximum absolute atomic E-state index is 14.1. The van der Waals surface area contributed by atoms with Crippen molar-refractivity contribution in [2.45, 2.75) is 63.2 Å². The molecule has 0 amide bonds. The summed E-state index contributed by atoms with van der Waals surface area (Å²) in [5.41, 5.74) is -0.699. The minimum Gasteiger partial charge on any atom is -0.403 e. The van der Waals surface area contributed by atoms with Gasteiger partial charge in [-0.2, -0.15) is 14.2 Å². The molecule has 7 nitrogen and oxygen atoms in total. The van der Waals surface area contributed by atoms with Crippen molar-refractivity contribution in [2.24, 2.45) is 0 Å². The normalized spacial score (nSPS) is 29.9. The van der Waals surface area contributed by atoms with E-state index in [4.69, 9.17) is 24.6 Å². The van der Waals surface area contributed by atoms with Crippen LogP contribution in [0, 0.1) is 5.95 Å². The molecule has 3 rings (SSSR count). The molecule has 122 valence electrons. The van der Waals surface area contributed by atoms with Gasteiger partial charge in [0.2, 0.25) is 5.95 Å². The van der Waals surface area contributed by atoms with Gasteiger partial charge in [0, 0.05) is 11.4 Å². The van der Waals surface area contributed by atoms with E-state index in [0.29, 0.717) is 6.42 Å². The lowest BCUT2D eigenvalue weighted by Gasteiger charge is -2.32. The number of aliphatic hydroxyl groups is 3. The SMILES string of the molecule is CC1(C)OB(C2CC2c2cnn(C(O)(O)O)c2F)OC1(C)C. The molecule has 1 aliphatic heterocycles. The summed E-state index contributed by atoms with van der Waals surface area (Å²) in [6, 6.07) is 0. The zero-order valence-electron chi connectivity index (χ0n) is 12.9. The van der Waals surface area contributed by atoms with E-state index in [9.17, 15) is 4.39 Å². The van der Waals surface area contributed by atoms with Crippen molar-refractivity contribution in [1.29, 1.82) is 0 Å². The van der Waals surface area contributed by atoms with Crippen LogP contribution >= 0.6 is 0 Å². The largest absolute Gasteiger partial charge is 0.461 e. The molecule has 2 unspecified atom stereocenters. The van der Waals surface area contributed by atoms with Crippen molar-refractivity contribution in [3.05, 3.63) is 17.7 Å². The fourth-order valence-electron chi connectivity index (χ4n) is 2.74. The molecule has 1 aromatic heterocycles. The highest BCUT2D eigenvalue weighted by atomic mass is 19.1. The summed E-state index contributed by atoms with van der Waals surface area (Å²) in [4.78, 5) is 0. The molecular weight excluding hydrogens is 294 g/mol. The lowest BCUT2D eigenvalue weighted by molar-refractivity contribution is -0.384. The Morgan fingerprint density at radius 1 is 1.27 bits per heavy atom. The highest BCUT2D eigenvalue weighted by Crippen LogP contribution is 2.58. The molecule has 2 heterocycles. The van der Waals surface area contributed by atoms with Gasteiger partial charge >= 0.3 is 13.2 Å². The zero-order valence-corrected chi connectivity index (χ0v) is 12.9. The summed E-state index contributed by atoms with van der Waals surface area (Å²) < 4.78 is 26.1. The van der Waals surface area contributed by atoms with Crippen LogP contribution in [-0.4, -0.2) is 43.4 Å². The Bertz CT molecular complexity index is 582. The second-order valence-corrected chi connectivity index (χ2v) is 7.03. The highest BCUT2D eigenvalue weighted by molar-refractivity contribution is 6.49. The Balaban J connectivity index is 1.75. The summed E-state index contributed by atoms with van der Waals surface area (Å²) in [6.45, 7) is 7.78. The Labute approximate surface area is 127 Å². The van der Waals surface area contributed by atoms with Gasteiger partial charge < -0.3 is 24.6 Å². The molecule has 0 spiro atoms. The van der Waals surface area contributed by atoms with Gasteiger partial charge in [-0.15, -0.1) is 0 Å². The van der Waals surface area contributed by atoms with Gasteiger partial charge in [0.05, 0.1) is 17.4 Å². The molecule has 1 aromatic rings. The molecule has 1 saturated carbocycles. The molecule has 2 atom stereocenters. The van der Waals surface area contributed by atoms with Crippen molar-refractivity contribution < 1.29 is 29.0 Å². The highest BCUT2D eigenvalue weighted by Gasteiger charge is 2.60. The standard InChI is InChI=1S/C13H20BFN2O5/c1-11(2)12(3,4)22-14(21-11)9-5-7(9)8-6-16-17(10(8)15)13(18,19)20/h6-7,9,18-20H,5H2,1-4H3. The first-order valence-electron chi connectivity index (χ1n) is 7.21. The van der Waals surface area contributed by atoms with E-state index in [-0.39, 0.29) is 22.0 Å². The quantitative estimate of drug-likeness (QED) is 0.556. The Hall–Kier alpha value is -0.995. The van der Waals surface area contributed by atoms with Gasteiger partial charge in [0.25, 0.3) is 0 Å². The number of halogens is 1. The fraction of sp³-hybridized carbons (Fsp3) is 0.769. The summed E-state index contributed by atoms with van der Waals surface area (Å²) in [7, 11) is -0.445. The summed E-state index contributed by atoms with van der Waals surface area (Å²) in [5.74, 6) is -1.19. The van der Waals surface area contributed by atoms with Crippen LogP contribution in [0.2, 0.25) is 5.82 Å². The maximum atomic E-state index is 14.1. The third-order valence-corrected chi connectivity index (χ3v) is 4.88. The lowest BCUT2D eigenvalue weighted by Crippen LogP contribution is -2.41. The molecule has 2 fully saturated rings. The van der Waals surface area contributed by atoms with Crippen molar-refractivity contribution in [1.82, 2.24) is 9.78 Å². The molecule has 1 saturated heterocycles. The second-order valence-electron chi connectivity index (χ2n) is 7.03. The van der Waals surface area contributed by atoms with Gasteiger partial charge in [-0.3, -0.25) is 0 Å². The Morgan fingerprint density at radius 3 is 2.27 bits per heavy atom. The van der Waals surface area contributed by atoms with Gasteiger partial charge in [0.15, 0.2) is 0 Å². The summed E-state index contributed by atoms with van der Waals surface area (Å²) in [6.07, 6.45) is -1.52. The third kappa shape index (κ3) is 2.37. The first kappa shape index (κ1) is 15.9. The monoisotopic (exact) mass is 314 g/mol. The van der Waals surface area contributed by atoms with E-state index in [1.807, 2.05) is 27.7 Å².